The standard InChI is InChI=1S/C28H45N3O6S/c1-21-18-26(36-5)19-22(2)28(21)38(34,35)29(3)20-24(32)10-13-27(33)30(4)23-8-11-25(12-9-23)37-17-16-31-14-6-7-15-31/h18-19,23,25H,6-17,20H2,1-5H3. The number of Topliss-reactive ketones (excluding diaryl/α,β-unsaturated/α-hetero) is 1. The second kappa shape index (κ2) is 13.9. The van der Waals surface area contributed by atoms with Crippen molar-refractivity contribution in [2.45, 2.75) is 82.3 Å². The lowest BCUT2D eigenvalue weighted by atomic mass is 9.92. The van der Waals surface area contributed by atoms with E-state index in [1.165, 1.54) is 40.1 Å². The number of likely N-dealkylation sites (N-methyl/N-ethyl adjacent to an activating group) is 1. The first kappa shape index (κ1) is 30.5. The van der Waals surface area contributed by atoms with Gasteiger partial charge in [0.05, 0.1) is 31.3 Å². The van der Waals surface area contributed by atoms with Crippen molar-refractivity contribution >= 4 is 21.7 Å². The molecule has 0 N–H and O–H groups in total. The van der Waals surface area contributed by atoms with Crippen LogP contribution in [0.15, 0.2) is 17.0 Å². The minimum atomic E-state index is -3.86. The van der Waals surface area contributed by atoms with E-state index in [9.17, 15) is 18.0 Å². The zero-order chi connectivity index (χ0) is 27.9. The normalized spacial score (nSPS) is 20.6. The number of rotatable bonds is 13. The second-order valence-electron chi connectivity index (χ2n) is 10.7. The van der Waals surface area contributed by atoms with E-state index in [1.54, 1.807) is 37.9 Å². The largest absolute Gasteiger partial charge is 0.497 e. The number of sulfonamides is 1. The van der Waals surface area contributed by atoms with E-state index in [-0.39, 0.29) is 48.1 Å². The van der Waals surface area contributed by atoms with Crippen molar-refractivity contribution in [1.82, 2.24) is 14.1 Å². The number of hydrogen-bond acceptors (Lipinski definition) is 7. The van der Waals surface area contributed by atoms with E-state index >= 15 is 0 Å². The summed E-state index contributed by atoms with van der Waals surface area (Å²) in [5, 5.41) is 0. The highest BCUT2D eigenvalue weighted by Crippen LogP contribution is 2.28. The van der Waals surface area contributed by atoms with Crippen molar-refractivity contribution in [3.8, 4) is 5.75 Å². The first-order valence-electron chi connectivity index (χ1n) is 13.8. The molecule has 0 aromatic heterocycles. The van der Waals surface area contributed by atoms with Crippen LogP contribution in [0.2, 0.25) is 0 Å². The van der Waals surface area contributed by atoms with Gasteiger partial charge in [-0.2, -0.15) is 4.31 Å². The van der Waals surface area contributed by atoms with Crippen molar-refractivity contribution < 1.29 is 27.5 Å². The lowest BCUT2D eigenvalue weighted by molar-refractivity contribution is -0.135. The molecule has 1 aromatic rings. The van der Waals surface area contributed by atoms with Gasteiger partial charge in [-0.3, -0.25) is 9.59 Å². The van der Waals surface area contributed by atoms with Crippen LogP contribution in [-0.4, -0.2) is 100 Å². The topological polar surface area (TPSA) is 96.5 Å². The van der Waals surface area contributed by atoms with Crippen LogP contribution in [0.25, 0.3) is 0 Å². The van der Waals surface area contributed by atoms with Gasteiger partial charge in [0.15, 0.2) is 0 Å². The van der Waals surface area contributed by atoms with Crippen LogP contribution in [0.3, 0.4) is 0 Å². The Bertz CT molecular complexity index is 1040. The molecule has 9 nitrogen and oxygen atoms in total. The first-order chi connectivity index (χ1) is 18.0. The molecule has 1 amide bonds. The summed E-state index contributed by atoms with van der Waals surface area (Å²) in [5.74, 6) is 0.222. The molecule has 1 aromatic carbocycles. The highest BCUT2D eigenvalue weighted by Gasteiger charge is 2.29. The van der Waals surface area contributed by atoms with Crippen LogP contribution in [0.1, 0.15) is 62.5 Å². The third-order valence-corrected chi connectivity index (χ3v) is 10.0. The lowest BCUT2D eigenvalue weighted by Crippen LogP contribution is -2.41. The second-order valence-corrected chi connectivity index (χ2v) is 12.7. The number of amides is 1. The Balaban J connectivity index is 1.41. The fourth-order valence-corrected chi connectivity index (χ4v) is 7.14. The lowest BCUT2D eigenvalue weighted by Gasteiger charge is -2.35. The molecule has 0 atom stereocenters. The molecule has 0 bridgehead atoms. The molecule has 1 saturated carbocycles. The highest BCUT2D eigenvalue weighted by molar-refractivity contribution is 7.89. The molecule has 3 rings (SSSR count). The molecule has 1 aliphatic heterocycles. The van der Waals surface area contributed by atoms with Crippen LogP contribution >= 0.6 is 0 Å². The molecule has 2 aliphatic rings. The van der Waals surface area contributed by atoms with Gasteiger partial charge < -0.3 is 19.3 Å². The molecular weight excluding hydrogens is 506 g/mol. The zero-order valence-corrected chi connectivity index (χ0v) is 24.5. The maximum atomic E-state index is 13.2. The summed E-state index contributed by atoms with van der Waals surface area (Å²) < 4.78 is 38.7. The molecule has 1 aliphatic carbocycles. The molecule has 0 spiro atoms. The number of carbonyl (C=O) groups is 2. The van der Waals surface area contributed by atoms with Gasteiger partial charge in [-0.25, -0.2) is 8.42 Å². The van der Waals surface area contributed by atoms with Crippen LogP contribution in [-0.2, 0) is 24.3 Å². The van der Waals surface area contributed by atoms with Crippen molar-refractivity contribution in [3.05, 3.63) is 23.3 Å². The Morgan fingerprint density at radius 2 is 1.61 bits per heavy atom. The smallest absolute Gasteiger partial charge is 0.243 e. The van der Waals surface area contributed by atoms with Crippen molar-refractivity contribution in [1.29, 1.82) is 0 Å². The predicted octanol–water partition coefficient (Wildman–Crippen LogP) is 3.16. The maximum Gasteiger partial charge on any atom is 0.243 e. The number of hydrogen-bond donors (Lipinski definition) is 0. The Labute approximate surface area is 228 Å². The van der Waals surface area contributed by atoms with Crippen LogP contribution in [0.4, 0.5) is 0 Å². The van der Waals surface area contributed by atoms with Crippen molar-refractivity contribution in [2.24, 2.45) is 0 Å². The molecule has 214 valence electrons. The number of aryl methyl sites for hydroxylation is 2. The van der Waals surface area contributed by atoms with Crippen LogP contribution < -0.4 is 4.74 Å². The van der Waals surface area contributed by atoms with Gasteiger partial charge in [-0.05, 0) is 88.7 Å². The molecule has 2 fully saturated rings. The summed E-state index contributed by atoms with van der Waals surface area (Å²) in [4.78, 5) is 29.8. The molecule has 10 heteroatoms. The third-order valence-electron chi connectivity index (χ3n) is 7.90. The fourth-order valence-electron chi connectivity index (χ4n) is 5.58. The summed E-state index contributed by atoms with van der Waals surface area (Å²) >= 11 is 0. The van der Waals surface area contributed by atoms with Gasteiger partial charge in [-0.15, -0.1) is 0 Å². The van der Waals surface area contributed by atoms with Gasteiger partial charge in [0.2, 0.25) is 15.9 Å². The molecule has 1 heterocycles. The van der Waals surface area contributed by atoms with Gasteiger partial charge in [0.25, 0.3) is 0 Å². The zero-order valence-electron chi connectivity index (χ0n) is 23.7. The van der Waals surface area contributed by atoms with E-state index in [4.69, 9.17) is 9.47 Å². The maximum absolute atomic E-state index is 13.2. The molecule has 38 heavy (non-hydrogen) atoms. The molecular formula is C28H45N3O6S. The number of carbonyl (C=O) groups excluding carboxylic acids is 2. The number of methoxy groups -OCH3 is 1. The fraction of sp³-hybridized carbons (Fsp3) is 0.714. The quantitative estimate of drug-likeness (QED) is 0.372. The summed E-state index contributed by atoms with van der Waals surface area (Å²) in [6.45, 7) is 7.28. The Morgan fingerprint density at radius 3 is 2.18 bits per heavy atom. The molecule has 0 radical (unpaired) electrons. The van der Waals surface area contributed by atoms with E-state index < -0.39 is 10.0 Å². The summed E-state index contributed by atoms with van der Waals surface area (Å²) in [6.07, 6.45) is 6.59. The monoisotopic (exact) mass is 551 g/mol. The average Bonchev–Trinajstić information content (AvgIpc) is 3.40. The number of nitrogens with zero attached hydrogens (tertiary/aromatic N) is 3. The SMILES string of the molecule is COc1cc(C)c(S(=O)(=O)N(C)CC(=O)CCC(=O)N(C)C2CCC(OCCN3CCCC3)CC2)c(C)c1. The number of ketones is 1. The van der Waals surface area contributed by atoms with Crippen molar-refractivity contribution in [2.75, 3.05) is 54.0 Å². The first-order valence-corrected chi connectivity index (χ1v) is 15.2. The summed E-state index contributed by atoms with van der Waals surface area (Å²) in [5.41, 5.74) is 1.12. The van der Waals surface area contributed by atoms with E-state index in [2.05, 4.69) is 4.90 Å². The third kappa shape index (κ3) is 8.00. The van der Waals surface area contributed by atoms with Gasteiger partial charge >= 0.3 is 0 Å². The van der Waals surface area contributed by atoms with E-state index in [0.717, 1.165) is 43.1 Å². The highest BCUT2D eigenvalue weighted by atomic mass is 32.2. The summed E-state index contributed by atoms with van der Waals surface area (Å²) in [6, 6.07) is 3.48. The Morgan fingerprint density at radius 1 is 1.00 bits per heavy atom. The van der Waals surface area contributed by atoms with Gasteiger partial charge in [0, 0.05) is 39.5 Å². The minimum absolute atomic E-state index is 0.0125. The van der Waals surface area contributed by atoms with Gasteiger partial charge in [0.1, 0.15) is 11.5 Å². The Hall–Kier alpha value is -2.01. The van der Waals surface area contributed by atoms with Crippen LogP contribution in [0, 0.1) is 13.8 Å². The number of ether oxygens (including phenoxy) is 2. The average molecular weight is 552 g/mol. The predicted molar refractivity (Wildman–Crippen MR) is 147 cm³/mol. The number of likely N-dealkylation sites (tertiary alicyclic amines) is 1. The van der Waals surface area contributed by atoms with Gasteiger partial charge in [-0.1, -0.05) is 0 Å². The number of benzene rings is 1. The van der Waals surface area contributed by atoms with Crippen molar-refractivity contribution in [3.63, 3.8) is 0 Å². The summed E-state index contributed by atoms with van der Waals surface area (Å²) in [7, 11) is 0.870. The van der Waals surface area contributed by atoms with Crippen LogP contribution in [0.5, 0.6) is 5.75 Å². The van der Waals surface area contributed by atoms with E-state index in [0.29, 0.717) is 16.9 Å². The Kier molecular flexibility index (Phi) is 11.1. The van der Waals surface area contributed by atoms with E-state index in [1.807, 2.05) is 0 Å². The molecule has 0 unspecified atom stereocenters. The molecule has 1 saturated heterocycles. The minimum Gasteiger partial charge on any atom is -0.497 e.